The SMILES string of the molecule is CC1CN(C(=O)CC(NS(=O)(=O)c2ccc([N+](=O)[O-])cc2[N+](=O)[O-])c2ccc(Cl)cc2)C(C)CN1Cc1ccc(F)cc1. The summed E-state index contributed by atoms with van der Waals surface area (Å²) in [4.78, 5) is 37.6. The molecule has 0 aromatic heterocycles. The minimum atomic E-state index is -4.64. The maximum Gasteiger partial charge on any atom is 0.296 e. The molecule has 0 radical (unpaired) electrons. The topological polar surface area (TPSA) is 156 Å². The van der Waals surface area contributed by atoms with Crippen LogP contribution in [0.5, 0.6) is 0 Å². The summed E-state index contributed by atoms with van der Waals surface area (Å²) in [5.74, 6) is -0.670. The lowest BCUT2D eigenvalue weighted by atomic mass is 10.0. The van der Waals surface area contributed by atoms with Gasteiger partial charge in [-0.25, -0.2) is 17.5 Å². The molecule has 3 unspecified atom stereocenters. The highest BCUT2D eigenvalue weighted by Gasteiger charge is 2.35. The number of nitrogens with zero attached hydrogens (tertiary/aromatic N) is 4. The van der Waals surface area contributed by atoms with Gasteiger partial charge in [-0.05, 0) is 55.3 Å². The lowest BCUT2D eigenvalue weighted by molar-refractivity contribution is -0.396. The molecule has 12 nitrogen and oxygen atoms in total. The number of sulfonamides is 1. The summed E-state index contributed by atoms with van der Waals surface area (Å²) in [6.07, 6.45) is -0.309. The first-order valence-corrected chi connectivity index (χ1v) is 15.1. The Morgan fingerprint density at radius 2 is 1.65 bits per heavy atom. The van der Waals surface area contributed by atoms with Gasteiger partial charge in [0.05, 0.1) is 22.0 Å². The van der Waals surface area contributed by atoms with Gasteiger partial charge in [0, 0.05) is 49.2 Å². The van der Waals surface area contributed by atoms with Crippen LogP contribution < -0.4 is 4.72 Å². The molecule has 0 bridgehead atoms. The summed E-state index contributed by atoms with van der Waals surface area (Å²) in [5, 5.41) is 23.1. The Bertz CT molecular complexity index is 1620. The van der Waals surface area contributed by atoms with E-state index in [0.717, 1.165) is 17.7 Å². The summed E-state index contributed by atoms with van der Waals surface area (Å²) >= 11 is 6.02. The molecule has 3 aromatic carbocycles. The predicted octanol–water partition coefficient (Wildman–Crippen LogP) is 4.83. The third kappa shape index (κ3) is 7.70. The highest BCUT2D eigenvalue weighted by Crippen LogP contribution is 2.31. The number of hydrogen-bond acceptors (Lipinski definition) is 8. The minimum Gasteiger partial charge on any atom is -0.337 e. The highest BCUT2D eigenvalue weighted by molar-refractivity contribution is 7.89. The summed E-state index contributed by atoms with van der Waals surface area (Å²) in [6, 6.07) is 13.1. The van der Waals surface area contributed by atoms with Gasteiger partial charge in [0.2, 0.25) is 15.9 Å². The van der Waals surface area contributed by atoms with Crippen molar-refractivity contribution in [3.63, 3.8) is 0 Å². The zero-order chi connectivity index (χ0) is 31.5. The number of hydrogen-bond donors (Lipinski definition) is 1. The smallest absolute Gasteiger partial charge is 0.296 e. The van der Waals surface area contributed by atoms with E-state index >= 15 is 0 Å². The van der Waals surface area contributed by atoms with Gasteiger partial charge in [-0.2, -0.15) is 0 Å². The first-order chi connectivity index (χ1) is 20.2. The Balaban J connectivity index is 1.57. The number of carbonyl (C=O) groups excluding carboxylic acids is 1. The van der Waals surface area contributed by atoms with E-state index in [4.69, 9.17) is 11.6 Å². The van der Waals surface area contributed by atoms with Crippen molar-refractivity contribution in [2.45, 2.75) is 49.8 Å². The molecule has 1 aliphatic heterocycles. The Hall–Kier alpha value is -3.98. The van der Waals surface area contributed by atoms with Crippen LogP contribution in [0.3, 0.4) is 0 Å². The number of piperazine rings is 1. The lowest BCUT2D eigenvalue weighted by Crippen LogP contribution is -2.58. The zero-order valence-electron chi connectivity index (χ0n) is 23.2. The van der Waals surface area contributed by atoms with Crippen molar-refractivity contribution >= 4 is 38.9 Å². The van der Waals surface area contributed by atoms with Gasteiger partial charge in [0.25, 0.3) is 11.4 Å². The van der Waals surface area contributed by atoms with Crippen LogP contribution in [0.1, 0.15) is 37.4 Å². The minimum absolute atomic E-state index is 0.0568. The van der Waals surface area contributed by atoms with Crippen LogP contribution >= 0.6 is 11.6 Å². The Labute approximate surface area is 252 Å². The number of nitro benzene ring substituents is 2. The average molecular weight is 634 g/mol. The van der Waals surface area contributed by atoms with Crippen LogP contribution in [0.25, 0.3) is 0 Å². The van der Waals surface area contributed by atoms with E-state index in [9.17, 15) is 37.8 Å². The molecule has 43 heavy (non-hydrogen) atoms. The van der Waals surface area contributed by atoms with Crippen LogP contribution in [-0.2, 0) is 21.4 Å². The van der Waals surface area contributed by atoms with E-state index in [1.54, 1.807) is 29.2 Å². The molecule has 228 valence electrons. The molecule has 1 N–H and O–H groups in total. The summed E-state index contributed by atoms with van der Waals surface area (Å²) < 4.78 is 42.6. The molecule has 0 saturated carbocycles. The molecule has 1 aliphatic rings. The average Bonchev–Trinajstić information content (AvgIpc) is 2.95. The van der Waals surface area contributed by atoms with Gasteiger partial charge in [-0.1, -0.05) is 35.9 Å². The van der Waals surface area contributed by atoms with Crippen molar-refractivity contribution in [2.75, 3.05) is 13.1 Å². The molecule has 1 fully saturated rings. The number of non-ortho nitro benzene ring substituents is 1. The molecule has 0 aliphatic carbocycles. The van der Waals surface area contributed by atoms with Gasteiger partial charge in [0.15, 0.2) is 4.90 Å². The number of rotatable bonds is 10. The maximum atomic E-state index is 13.6. The van der Waals surface area contributed by atoms with Gasteiger partial charge < -0.3 is 4.90 Å². The van der Waals surface area contributed by atoms with Crippen molar-refractivity contribution < 1.29 is 27.4 Å². The summed E-state index contributed by atoms with van der Waals surface area (Å²) in [5.41, 5.74) is -0.293. The second-order valence-electron chi connectivity index (χ2n) is 10.4. The number of amides is 1. The molecule has 1 heterocycles. The molecule has 4 rings (SSSR count). The summed E-state index contributed by atoms with van der Waals surface area (Å²) in [7, 11) is -4.64. The molecule has 15 heteroatoms. The van der Waals surface area contributed by atoms with Gasteiger partial charge in [-0.15, -0.1) is 0 Å². The zero-order valence-corrected chi connectivity index (χ0v) is 24.8. The van der Waals surface area contributed by atoms with Crippen molar-refractivity contribution in [2.24, 2.45) is 0 Å². The molecular weight excluding hydrogens is 605 g/mol. The molecular formula is C28H29ClFN5O7S. The van der Waals surface area contributed by atoms with Crippen LogP contribution in [0.15, 0.2) is 71.6 Å². The predicted molar refractivity (Wildman–Crippen MR) is 156 cm³/mol. The first-order valence-electron chi connectivity index (χ1n) is 13.2. The van der Waals surface area contributed by atoms with E-state index in [0.29, 0.717) is 36.3 Å². The van der Waals surface area contributed by atoms with Gasteiger partial charge >= 0.3 is 0 Å². The Morgan fingerprint density at radius 3 is 2.26 bits per heavy atom. The van der Waals surface area contributed by atoms with Crippen LogP contribution in [-0.4, -0.2) is 59.1 Å². The second kappa shape index (κ2) is 13.1. The van der Waals surface area contributed by atoms with E-state index in [2.05, 4.69) is 9.62 Å². The number of halogens is 2. The highest BCUT2D eigenvalue weighted by atomic mass is 35.5. The molecule has 3 aromatic rings. The van der Waals surface area contributed by atoms with E-state index in [-0.39, 0.29) is 30.2 Å². The fourth-order valence-corrected chi connectivity index (χ4v) is 6.55. The third-order valence-electron chi connectivity index (χ3n) is 7.32. The maximum absolute atomic E-state index is 13.6. The molecule has 3 atom stereocenters. The third-order valence-corrected chi connectivity index (χ3v) is 9.09. The van der Waals surface area contributed by atoms with Gasteiger partial charge in [-0.3, -0.25) is 29.9 Å². The van der Waals surface area contributed by atoms with Gasteiger partial charge in [0.1, 0.15) is 5.82 Å². The fraction of sp³-hybridized carbons (Fsp3) is 0.321. The Kier molecular flexibility index (Phi) is 9.75. The summed E-state index contributed by atoms with van der Waals surface area (Å²) in [6.45, 7) is 5.28. The molecule has 0 spiro atoms. The largest absolute Gasteiger partial charge is 0.337 e. The second-order valence-corrected chi connectivity index (χ2v) is 12.5. The Morgan fingerprint density at radius 1 is 1.00 bits per heavy atom. The first kappa shape index (κ1) is 31.9. The number of carbonyl (C=O) groups is 1. The number of benzene rings is 3. The van der Waals surface area contributed by atoms with Crippen molar-refractivity contribution in [1.29, 1.82) is 0 Å². The number of nitrogens with one attached hydrogen (secondary N) is 1. The molecule has 1 saturated heterocycles. The van der Waals surface area contributed by atoms with Crippen LogP contribution in [0.4, 0.5) is 15.8 Å². The van der Waals surface area contributed by atoms with Crippen molar-refractivity contribution in [3.8, 4) is 0 Å². The van der Waals surface area contributed by atoms with Crippen LogP contribution in [0.2, 0.25) is 5.02 Å². The monoisotopic (exact) mass is 633 g/mol. The van der Waals surface area contributed by atoms with Crippen LogP contribution in [0, 0.1) is 26.0 Å². The quantitative estimate of drug-likeness (QED) is 0.246. The fourth-order valence-electron chi connectivity index (χ4n) is 5.04. The van der Waals surface area contributed by atoms with E-state index in [1.807, 2.05) is 13.8 Å². The number of nitro groups is 2. The van der Waals surface area contributed by atoms with E-state index in [1.165, 1.54) is 24.3 Å². The van der Waals surface area contributed by atoms with Crippen molar-refractivity contribution in [1.82, 2.24) is 14.5 Å². The standard InChI is InChI=1S/C28H29ClFN5O7S/c1-18-16-33(19(2)15-32(18)17-20-3-9-23(30)10-4-20)28(36)14-25(21-5-7-22(29)8-6-21)31-43(41,42)27-12-11-24(34(37)38)13-26(27)35(39)40/h3-13,18-19,25,31H,14-17H2,1-2H3. The lowest BCUT2D eigenvalue weighted by Gasteiger charge is -2.44. The normalized spacial score (nSPS) is 18.3. The van der Waals surface area contributed by atoms with Crippen molar-refractivity contribution in [3.05, 3.63) is 109 Å². The van der Waals surface area contributed by atoms with E-state index < -0.39 is 42.2 Å². The molecule has 1 amide bonds.